The van der Waals surface area contributed by atoms with Gasteiger partial charge in [0.1, 0.15) is 0 Å². The van der Waals surface area contributed by atoms with Crippen molar-refractivity contribution >= 4 is 40.8 Å². The van der Waals surface area contributed by atoms with Crippen LogP contribution in [-0.4, -0.2) is 36.1 Å². The van der Waals surface area contributed by atoms with Gasteiger partial charge in [-0.1, -0.05) is 37.6 Å². The van der Waals surface area contributed by atoms with Crippen molar-refractivity contribution in [2.45, 2.75) is 32.7 Å². The number of fused-ring (bicyclic) bond motifs is 1. The molecule has 3 aromatic rings. The van der Waals surface area contributed by atoms with Gasteiger partial charge >= 0.3 is 0 Å². The first-order valence-corrected chi connectivity index (χ1v) is 9.88. The number of benzene rings is 1. The van der Waals surface area contributed by atoms with E-state index in [1.54, 1.807) is 13.2 Å². The van der Waals surface area contributed by atoms with Gasteiger partial charge in [-0.05, 0) is 30.5 Å². The Balaban J connectivity index is 0.00000300. The number of ether oxygens (including phenoxy) is 1. The van der Waals surface area contributed by atoms with Crippen molar-refractivity contribution in [3.8, 4) is 5.88 Å². The number of H-pyrrole nitrogens is 1. The van der Waals surface area contributed by atoms with E-state index in [1.807, 2.05) is 18.2 Å². The number of nitrogens with zero attached hydrogens (tertiary/aromatic N) is 2. The first-order chi connectivity index (χ1) is 13.8. The van der Waals surface area contributed by atoms with E-state index in [-0.39, 0.29) is 24.0 Å². The molecule has 3 rings (SSSR count). The molecule has 0 aliphatic heterocycles. The quantitative estimate of drug-likeness (QED) is 0.175. The number of hydrogen-bond donors (Lipinski definition) is 3. The second kappa shape index (κ2) is 12.3. The number of nitrogens with one attached hydrogen (secondary N) is 3. The topological polar surface area (TPSA) is 74.3 Å². The average molecular weight is 507 g/mol. The molecule has 2 aromatic heterocycles. The van der Waals surface area contributed by atoms with Crippen LogP contribution >= 0.6 is 24.0 Å². The molecule has 0 spiro atoms. The van der Waals surface area contributed by atoms with Gasteiger partial charge in [0.2, 0.25) is 5.88 Å². The molecule has 1 aromatic carbocycles. The Labute approximate surface area is 189 Å². The van der Waals surface area contributed by atoms with Crippen molar-refractivity contribution in [1.29, 1.82) is 0 Å². The molecule has 0 fully saturated rings. The fourth-order valence-electron chi connectivity index (χ4n) is 3.06. The van der Waals surface area contributed by atoms with E-state index in [1.165, 1.54) is 16.5 Å². The van der Waals surface area contributed by atoms with E-state index in [4.69, 9.17) is 4.74 Å². The summed E-state index contributed by atoms with van der Waals surface area (Å²) in [6, 6.07) is 12.3. The highest BCUT2D eigenvalue weighted by atomic mass is 127. The maximum atomic E-state index is 5.80. The first-order valence-electron chi connectivity index (χ1n) is 9.88. The molecule has 29 heavy (non-hydrogen) atoms. The van der Waals surface area contributed by atoms with Crippen molar-refractivity contribution in [3.05, 3.63) is 59.9 Å². The second-order valence-corrected chi connectivity index (χ2v) is 6.63. The Bertz CT molecular complexity index is 909. The number of para-hydroxylation sites is 1. The Morgan fingerprint density at radius 2 is 2.00 bits per heavy atom. The van der Waals surface area contributed by atoms with Gasteiger partial charge in [-0.15, -0.1) is 24.0 Å². The molecule has 7 heteroatoms. The number of aromatic amines is 1. The number of halogens is 1. The molecular formula is C22H30IN5O. The molecule has 0 radical (unpaired) electrons. The van der Waals surface area contributed by atoms with Gasteiger partial charge in [0.25, 0.3) is 0 Å². The SMILES string of the molecule is CCCCOc1ncccc1CNC(=NC)NCCc1c[nH]c2ccccc12.I. The van der Waals surface area contributed by atoms with Crippen LogP contribution in [-0.2, 0) is 13.0 Å². The number of aliphatic imine (C=N–C) groups is 1. The molecule has 3 N–H and O–H groups in total. The van der Waals surface area contributed by atoms with Crippen LogP contribution in [0.3, 0.4) is 0 Å². The van der Waals surface area contributed by atoms with Crippen LogP contribution in [0.25, 0.3) is 10.9 Å². The summed E-state index contributed by atoms with van der Waals surface area (Å²) >= 11 is 0. The summed E-state index contributed by atoms with van der Waals surface area (Å²) in [4.78, 5) is 12.0. The van der Waals surface area contributed by atoms with Crippen molar-refractivity contribution in [2.75, 3.05) is 20.2 Å². The highest BCUT2D eigenvalue weighted by Gasteiger charge is 2.07. The molecule has 0 aliphatic carbocycles. The average Bonchev–Trinajstić information content (AvgIpc) is 3.15. The predicted octanol–water partition coefficient (Wildman–Crippen LogP) is 4.27. The van der Waals surface area contributed by atoms with Crippen LogP contribution in [0.15, 0.2) is 53.8 Å². The van der Waals surface area contributed by atoms with Crippen LogP contribution in [0.2, 0.25) is 0 Å². The number of rotatable bonds is 9. The number of aromatic nitrogens is 2. The summed E-state index contributed by atoms with van der Waals surface area (Å²) in [5.74, 6) is 1.46. The second-order valence-electron chi connectivity index (χ2n) is 6.63. The van der Waals surface area contributed by atoms with E-state index < -0.39 is 0 Å². The molecule has 0 saturated heterocycles. The molecule has 0 bridgehead atoms. The van der Waals surface area contributed by atoms with Crippen LogP contribution in [0.5, 0.6) is 5.88 Å². The van der Waals surface area contributed by atoms with E-state index in [0.29, 0.717) is 19.0 Å². The lowest BCUT2D eigenvalue weighted by atomic mass is 10.1. The van der Waals surface area contributed by atoms with E-state index in [9.17, 15) is 0 Å². The molecule has 156 valence electrons. The smallest absolute Gasteiger partial charge is 0.218 e. The van der Waals surface area contributed by atoms with E-state index >= 15 is 0 Å². The van der Waals surface area contributed by atoms with Crippen LogP contribution in [0, 0.1) is 0 Å². The lowest BCUT2D eigenvalue weighted by Crippen LogP contribution is -2.38. The lowest BCUT2D eigenvalue weighted by molar-refractivity contribution is 0.294. The zero-order valence-corrected chi connectivity index (χ0v) is 19.4. The predicted molar refractivity (Wildman–Crippen MR) is 130 cm³/mol. The first kappa shape index (κ1) is 23.0. The van der Waals surface area contributed by atoms with Gasteiger partial charge in [-0.2, -0.15) is 0 Å². The van der Waals surface area contributed by atoms with Crippen LogP contribution in [0.1, 0.15) is 30.9 Å². The third kappa shape index (κ3) is 6.62. The number of pyridine rings is 1. The van der Waals surface area contributed by atoms with Gasteiger partial charge in [0.05, 0.1) is 6.61 Å². The molecule has 6 nitrogen and oxygen atoms in total. The van der Waals surface area contributed by atoms with Crippen molar-refractivity contribution < 1.29 is 4.74 Å². The molecule has 0 unspecified atom stereocenters. The van der Waals surface area contributed by atoms with Gasteiger partial charge in [-0.25, -0.2) is 4.98 Å². The van der Waals surface area contributed by atoms with Crippen LogP contribution < -0.4 is 15.4 Å². The number of guanidine groups is 1. The molecule has 0 saturated carbocycles. The molecule has 0 atom stereocenters. The summed E-state index contributed by atoms with van der Waals surface area (Å²) in [5.41, 5.74) is 3.50. The summed E-state index contributed by atoms with van der Waals surface area (Å²) in [6.45, 7) is 4.25. The summed E-state index contributed by atoms with van der Waals surface area (Å²) in [6.07, 6.45) is 6.90. The van der Waals surface area contributed by atoms with Gasteiger partial charge in [-0.3, -0.25) is 4.99 Å². The Morgan fingerprint density at radius 1 is 1.14 bits per heavy atom. The van der Waals surface area contributed by atoms with Crippen LogP contribution in [0.4, 0.5) is 0 Å². The minimum absolute atomic E-state index is 0. The maximum absolute atomic E-state index is 5.80. The fourth-order valence-corrected chi connectivity index (χ4v) is 3.06. The standard InChI is InChI=1S/C22H29N5O.HI/c1-3-4-14-28-21-18(8-7-12-24-21)16-27-22(23-2)25-13-11-17-15-26-20-10-6-5-9-19(17)20;/h5-10,12,15,26H,3-4,11,13-14,16H2,1-2H3,(H2,23,25,27);1H. The number of hydrogen-bond acceptors (Lipinski definition) is 3. The summed E-state index contributed by atoms with van der Waals surface area (Å²) < 4.78 is 5.80. The molecule has 2 heterocycles. The molecular weight excluding hydrogens is 477 g/mol. The zero-order chi connectivity index (χ0) is 19.6. The highest BCUT2D eigenvalue weighted by Crippen LogP contribution is 2.17. The largest absolute Gasteiger partial charge is 0.477 e. The lowest BCUT2D eigenvalue weighted by Gasteiger charge is -2.14. The summed E-state index contributed by atoms with van der Waals surface area (Å²) in [7, 11) is 1.78. The third-order valence-electron chi connectivity index (χ3n) is 4.62. The third-order valence-corrected chi connectivity index (χ3v) is 4.62. The van der Waals surface area contributed by atoms with Crippen molar-refractivity contribution in [3.63, 3.8) is 0 Å². The minimum atomic E-state index is 0. The fraction of sp³-hybridized carbons (Fsp3) is 0.364. The molecule has 0 aliphatic rings. The Kier molecular flexibility index (Phi) is 9.76. The van der Waals surface area contributed by atoms with Crippen molar-refractivity contribution in [2.24, 2.45) is 4.99 Å². The van der Waals surface area contributed by atoms with Gasteiger partial charge < -0.3 is 20.4 Å². The van der Waals surface area contributed by atoms with Gasteiger partial charge in [0.15, 0.2) is 5.96 Å². The van der Waals surface area contributed by atoms with E-state index in [2.05, 4.69) is 56.9 Å². The maximum Gasteiger partial charge on any atom is 0.218 e. The Morgan fingerprint density at radius 3 is 2.83 bits per heavy atom. The summed E-state index contributed by atoms with van der Waals surface area (Å²) in [5, 5.41) is 8.00. The molecule has 0 amide bonds. The van der Waals surface area contributed by atoms with Crippen molar-refractivity contribution in [1.82, 2.24) is 20.6 Å². The van der Waals surface area contributed by atoms with Gasteiger partial charge in [0, 0.05) is 49.0 Å². The number of unbranched alkanes of at least 4 members (excludes halogenated alkanes) is 1. The minimum Gasteiger partial charge on any atom is -0.477 e. The van der Waals surface area contributed by atoms with E-state index in [0.717, 1.165) is 37.3 Å². The Hall–Kier alpha value is -2.29. The monoisotopic (exact) mass is 507 g/mol. The highest BCUT2D eigenvalue weighted by molar-refractivity contribution is 14.0. The zero-order valence-electron chi connectivity index (χ0n) is 17.1. The normalized spacial score (nSPS) is 11.2.